The van der Waals surface area contributed by atoms with Crippen molar-refractivity contribution in [1.82, 2.24) is 5.32 Å². The van der Waals surface area contributed by atoms with Gasteiger partial charge in [-0.2, -0.15) is 0 Å². The normalized spacial score (nSPS) is 24.7. The van der Waals surface area contributed by atoms with E-state index in [2.05, 4.69) is 38.2 Å². The molecule has 3 nitrogen and oxygen atoms in total. The molecule has 3 heteroatoms. The van der Waals surface area contributed by atoms with Crippen molar-refractivity contribution in [3.05, 3.63) is 35.9 Å². The number of nitrogens with one attached hydrogen (secondary N) is 1. The third-order valence-electron chi connectivity index (χ3n) is 3.89. The summed E-state index contributed by atoms with van der Waals surface area (Å²) >= 11 is 0. The molecule has 0 spiro atoms. The minimum absolute atomic E-state index is 0.0927. The van der Waals surface area contributed by atoms with Gasteiger partial charge in [-0.05, 0) is 17.4 Å². The van der Waals surface area contributed by atoms with Crippen LogP contribution in [0, 0.1) is 5.41 Å². The molecule has 0 unspecified atom stereocenters. The highest BCUT2D eigenvalue weighted by Gasteiger charge is 2.40. The van der Waals surface area contributed by atoms with Gasteiger partial charge in [-0.3, -0.25) is 10.1 Å². The first-order valence-corrected chi connectivity index (χ1v) is 6.52. The van der Waals surface area contributed by atoms with E-state index in [0.717, 1.165) is 6.42 Å². The van der Waals surface area contributed by atoms with Crippen molar-refractivity contribution >= 4 is 5.97 Å². The molecule has 0 bridgehead atoms. The predicted molar refractivity (Wildman–Crippen MR) is 71.1 cm³/mol. The van der Waals surface area contributed by atoms with Crippen molar-refractivity contribution < 1.29 is 9.53 Å². The van der Waals surface area contributed by atoms with Crippen LogP contribution in [0.3, 0.4) is 0 Å². The number of cyclic esters (lactones) is 1. The highest BCUT2D eigenvalue weighted by atomic mass is 16.5. The van der Waals surface area contributed by atoms with E-state index in [1.807, 2.05) is 18.2 Å². The van der Waals surface area contributed by atoms with Gasteiger partial charge in [0.1, 0.15) is 12.6 Å². The van der Waals surface area contributed by atoms with E-state index in [4.69, 9.17) is 4.74 Å². The molecular formula is C15H21NO2. The van der Waals surface area contributed by atoms with Crippen LogP contribution in [0.25, 0.3) is 0 Å². The third kappa shape index (κ3) is 2.56. The summed E-state index contributed by atoms with van der Waals surface area (Å²) in [7, 11) is 0. The smallest absolute Gasteiger partial charge is 0.323 e. The number of carbonyl (C=O) groups is 1. The van der Waals surface area contributed by atoms with Gasteiger partial charge in [0.05, 0.1) is 6.04 Å². The second-order valence-corrected chi connectivity index (χ2v) is 5.54. The van der Waals surface area contributed by atoms with Crippen LogP contribution in [-0.2, 0) is 9.53 Å². The number of carbonyl (C=O) groups excluding carboxylic acids is 1. The molecule has 18 heavy (non-hydrogen) atoms. The molecule has 1 aliphatic heterocycles. The molecule has 1 fully saturated rings. The van der Waals surface area contributed by atoms with Gasteiger partial charge in [-0.25, -0.2) is 0 Å². The standard InChI is InChI=1S/C15H21NO2/c1-4-15(2,3)13-14(17)18-10-12(16-13)11-8-6-5-7-9-11/h5-9,12-13,16H,4,10H2,1-3H3/t12-,13+/m0/s1. The average molecular weight is 247 g/mol. The molecule has 1 aliphatic rings. The summed E-state index contributed by atoms with van der Waals surface area (Å²) in [4.78, 5) is 11.9. The van der Waals surface area contributed by atoms with E-state index in [1.54, 1.807) is 0 Å². The van der Waals surface area contributed by atoms with Crippen molar-refractivity contribution in [2.45, 2.75) is 39.3 Å². The molecule has 1 heterocycles. The molecule has 1 aromatic carbocycles. The van der Waals surface area contributed by atoms with Crippen LogP contribution >= 0.6 is 0 Å². The van der Waals surface area contributed by atoms with Crippen LogP contribution in [-0.4, -0.2) is 18.6 Å². The lowest BCUT2D eigenvalue weighted by Gasteiger charge is -2.38. The van der Waals surface area contributed by atoms with Crippen molar-refractivity contribution in [1.29, 1.82) is 0 Å². The lowest BCUT2D eigenvalue weighted by Crippen LogP contribution is -2.54. The van der Waals surface area contributed by atoms with Gasteiger partial charge in [0.15, 0.2) is 0 Å². The van der Waals surface area contributed by atoms with E-state index >= 15 is 0 Å². The Morgan fingerprint density at radius 2 is 2.00 bits per heavy atom. The Morgan fingerprint density at radius 1 is 1.33 bits per heavy atom. The summed E-state index contributed by atoms with van der Waals surface area (Å²) in [5.41, 5.74) is 1.08. The first-order valence-electron chi connectivity index (χ1n) is 6.52. The second-order valence-electron chi connectivity index (χ2n) is 5.54. The molecule has 2 atom stereocenters. The Bertz CT molecular complexity index is 414. The van der Waals surface area contributed by atoms with Gasteiger partial charge in [0, 0.05) is 0 Å². The highest BCUT2D eigenvalue weighted by molar-refractivity contribution is 5.77. The van der Waals surface area contributed by atoms with Gasteiger partial charge in [-0.15, -0.1) is 0 Å². The van der Waals surface area contributed by atoms with Crippen molar-refractivity contribution in [3.63, 3.8) is 0 Å². The number of ether oxygens (including phenoxy) is 1. The van der Waals surface area contributed by atoms with Crippen LogP contribution in [0.4, 0.5) is 0 Å². The molecule has 98 valence electrons. The summed E-state index contributed by atoms with van der Waals surface area (Å²) in [6.45, 7) is 6.71. The molecule has 1 aromatic rings. The molecule has 1 saturated heterocycles. The number of esters is 1. The zero-order valence-electron chi connectivity index (χ0n) is 11.3. The Kier molecular flexibility index (Phi) is 3.71. The summed E-state index contributed by atoms with van der Waals surface area (Å²) < 4.78 is 5.34. The summed E-state index contributed by atoms with van der Waals surface area (Å²) in [5.74, 6) is -0.131. The summed E-state index contributed by atoms with van der Waals surface area (Å²) in [6.07, 6.45) is 0.932. The van der Waals surface area contributed by atoms with Gasteiger partial charge >= 0.3 is 5.97 Å². The lowest BCUT2D eigenvalue weighted by atomic mass is 9.80. The molecule has 0 aromatic heterocycles. The largest absolute Gasteiger partial charge is 0.462 e. The number of hydrogen-bond donors (Lipinski definition) is 1. The molecule has 0 radical (unpaired) electrons. The minimum atomic E-state index is -0.235. The monoisotopic (exact) mass is 247 g/mol. The fraction of sp³-hybridized carbons (Fsp3) is 0.533. The highest BCUT2D eigenvalue weighted by Crippen LogP contribution is 2.30. The Balaban J connectivity index is 2.17. The number of morpholine rings is 1. The maximum atomic E-state index is 11.9. The van der Waals surface area contributed by atoms with E-state index in [-0.39, 0.29) is 23.5 Å². The van der Waals surface area contributed by atoms with E-state index in [9.17, 15) is 4.79 Å². The van der Waals surface area contributed by atoms with Gasteiger partial charge < -0.3 is 4.74 Å². The zero-order valence-corrected chi connectivity index (χ0v) is 11.3. The fourth-order valence-electron chi connectivity index (χ4n) is 2.19. The maximum absolute atomic E-state index is 11.9. The van der Waals surface area contributed by atoms with E-state index < -0.39 is 0 Å². The van der Waals surface area contributed by atoms with Crippen LogP contribution in [0.15, 0.2) is 30.3 Å². The maximum Gasteiger partial charge on any atom is 0.323 e. The number of hydrogen-bond acceptors (Lipinski definition) is 3. The lowest BCUT2D eigenvalue weighted by molar-refractivity contribution is -0.156. The van der Waals surface area contributed by atoms with Crippen molar-refractivity contribution in [2.24, 2.45) is 5.41 Å². The SMILES string of the molecule is CCC(C)(C)[C@@H]1N[C@H](c2ccccc2)COC1=O. The Hall–Kier alpha value is -1.35. The van der Waals surface area contributed by atoms with Crippen LogP contribution < -0.4 is 5.32 Å². The van der Waals surface area contributed by atoms with Crippen molar-refractivity contribution in [3.8, 4) is 0 Å². The van der Waals surface area contributed by atoms with Crippen molar-refractivity contribution in [2.75, 3.05) is 6.61 Å². The predicted octanol–water partition coefficient (Wildman–Crippen LogP) is 2.68. The number of benzene rings is 1. The first kappa shape index (κ1) is 13.1. The van der Waals surface area contributed by atoms with Gasteiger partial charge in [-0.1, -0.05) is 51.1 Å². The molecular weight excluding hydrogens is 226 g/mol. The van der Waals surface area contributed by atoms with Crippen LogP contribution in [0.2, 0.25) is 0 Å². The summed E-state index contributed by atoms with van der Waals surface area (Å²) in [6, 6.07) is 9.99. The third-order valence-corrected chi connectivity index (χ3v) is 3.89. The Morgan fingerprint density at radius 3 is 2.61 bits per heavy atom. The van der Waals surface area contributed by atoms with E-state index in [0.29, 0.717) is 6.61 Å². The first-order chi connectivity index (χ1) is 8.54. The number of rotatable bonds is 3. The minimum Gasteiger partial charge on any atom is -0.462 e. The average Bonchev–Trinajstić information content (AvgIpc) is 2.40. The van der Waals surface area contributed by atoms with Gasteiger partial charge in [0.2, 0.25) is 0 Å². The quantitative estimate of drug-likeness (QED) is 0.835. The molecule has 0 amide bonds. The fourth-order valence-corrected chi connectivity index (χ4v) is 2.19. The molecule has 0 saturated carbocycles. The van der Waals surface area contributed by atoms with Crippen LogP contribution in [0.1, 0.15) is 38.8 Å². The topological polar surface area (TPSA) is 38.3 Å². The zero-order chi connectivity index (χ0) is 13.2. The van der Waals surface area contributed by atoms with E-state index in [1.165, 1.54) is 5.56 Å². The molecule has 2 rings (SSSR count). The molecule has 0 aliphatic carbocycles. The van der Waals surface area contributed by atoms with Crippen LogP contribution in [0.5, 0.6) is 0 Å². The second kappa shape index (κ2) is 5.11. The Labute approximate surface area is 109 Å². The summed E-state index contributed by atoms with van der Waals surface area (Å²) in [5, 5.41) is 3.44. The van der Waals surface area contributed by atoms with Gasteiger partial charge in [0.25, 0.3) is 0 Å². The molecule has 1 N–H and O–H groups in total.